The molecule has 0 bridgehead atoms. The van der Waals surface area contributed by atoms with E-state index in [9.17, 15) is 4.79 Å². The van der Waals surface area contributed by atoms with Crippen LogP contribution in [0.5, 0.6) is 0 Å². The summed E-state index contributed by atoms with van der Waals surface area (Å²) in [6, 6.07) is 0. The highest BCUT2D eigenvalue weighted by Crippen LogP contribution is 2.39. The number of rotatable bonds is 10. The van der Waals surface area contributed by atoms with Crippen molar-refractivity contribution in [1.29, 1.82) is 0 Å². The monoisotopic (exact) mass is 289 g/mol. The van der Waals surface area contributed by atoms with Gasteiger partial charge in [0, 0.05) is 5.75 Å². The fraction of sp³-hybridized carbons (Fsp3) is 0.929. The van der Waals surface area contributed by atoms with Crippen molar-refractivity contribution < 1.29 is 4.79 Å². The van der Waals surface area contributed by atoms with E-state index in [1.165, 1.54) is 56.7 Å². The Labute approximate surface area is 120 Å². The van der Waals surface area contributed by atoms with E-state index in [1.807, 2.05) is 11.8 Å². The van der Waals surface area contributed by atoms with Gasteiger partial charge in [-0.3, -0.25) is 10.1 Å². The third kappa shape index (κ3) is 5.54. The molecule has 1 saturated heterocycles. The minimum atomic E-state index is 0.0263. The van der Waals surface area contributed by atoms with Gasteiger partial charge in [-0.2, -0.15) is 0 Å². The van der Waals surface area contributed by atoms with Crippen molar-refractivity contribution in [1.82, 2.24) is 5.32 Å². The molecule has 1 aliphatic rings. The van der Waals surface area contributed by atoms with E-state index in [2.05, 4.69) is 19.2 Å². The van der Waals surface area contributed by atoms with Crippen LogP contribution in [0.15, 0.2) is 0 Å². The van der Waals surface area contributed by atoms with Crippen molar-refractivity contribution in [2.24, 2.45) is 0 Å². The van der Waals surface area contributed by atoms with E-state index in [-0.39, 0.29) is 4.87 Å². The SMILES string of the molecule is CCCCCC1NC(CCCCC)(SC=O)CS1. The molecule has 0 radical (unpaired) electrons. The molecule has 1 rings (SSSR count). The number of thioether (sulfide) groups is 2. The van der Waals surface area contributed by atoms with Gasteiger partial charge in [-0.1, -0.05) is 64.1 Å². The van der Waals surface area contributed by atoms with Gasteiger partial charge < -0.3 is 0 Å². The maximum Gasteiger partial charge on any atom is 0.178 e. The highest BCUT2D eigenvalue weighted by atomic mass is 32.2. The number of carbonyl (C=O) groups is 1. The third-order valence-corrected chi connectivity index (χ3v) is 6.08. The molecule has 2 atom stereocenters. The summed E-state index contributed by atoms with van der Waals surface area (Å²) in [5.74, 6) is 1.08. The summed E-state index contributed by atoms with van der Waals surface area (Å²) in [5, 5.41) is 4.28. The van der Waals surface area contributed by atoms with Crippen LogP contribution in [0.3, 0.4) is 0 Å². The smallest absolute Gasteiger partial charge is 0.178 e. The van der Waals surface area contributed by atoms with Gasteiger partial charge in [-0.05, 0) is 12.8 Å². The molecule has 0 amide bonds. The number of hydrogen-bond acceptors (Lipinski definition) is 4. The van der Waals surface area contributed by atoms with Gasteiger partial charge >= 0.3 is 0 Å². The lowest BCUT2D eigenvalue weighted by Crippen LogP contribution is -2.42. The summed E-state index contributed by atoms with van der Waals surface area (Å²) in [6.07, 6.45) is 10.0. The van der Waals surface area contributed by atoms with Crippen molar-refractivity contribution in [3.8, 4) is 0 Å². The van der Waals surface area contributed by atoms with Gasteiger partial charge in [0.25, 0.3) is 0 Å². The van der Waals surface area contributed by atoms with Crippen molar-refractivity contribution in [3.63, 3.8) is 0 Å². The van der Waals surface area contributed by atoms with Gasteiger partial charge in [-0.15, -0.1) is 11.8 Å². The Morgan fingerprint density at radius 1 is 1.28 bits per heavy atom. The van der Waals surface area contributed by atoms with Gasteiger partial charge in [-0.25, -0.2) is 0 Å². The largest absolute Gasteiger partial charge is 0.291 e. The first-order valence-electron chi connectivity index (χ1n) is 7.27. The van der Waals surface area contributed by atoms with Crippen LogP contribution in [0.4, 0.5) is 0 Å². The van der Waals surface area contributed by atoms with E-state index in [0.29, 0.717) is 5.37 Å². The molecular formula is C14H27NOS2. The fourth-order valence-electron chi connectivity index (χ4n) is 2.37. The van der Waals surface area contributed by atoms with E-state index in [1.54, 1.807) is 0 Å². The number of unbranched alkanes of at least 4 members (excludes halogenated alkanes) is 4. The first kappa shape index (κ1) is 16.4. The summed E-state index contributed by atoms with van der Waals surface area (Å²) < 4.78 is 0. The normalized spacial score (nSPS) is 27.6. The highest BCUT2D eigenvalue weighted by molar-refractivity contribution is 8.14. The van der Waals surface area contributed by atoms with Gasteiger partial charge in [0.2, 0.25) is 0 Å². The van der Waals surface area contributed by atoms with Crippen LogP contribution < -0.4 is 5.32 Å². The van der Waals surface area contributed by atoms with E-state index < -0.39 is 0 Å². The average Bonchev–Trinajstić information content (AvgIpc) is 2.74. The molecule has 1 fully saturated rings. The second-order valence-corrected chi connectivity index (χ2v) is 7.51. The summed E-state index contributed by atoms with van der Waals surface area (Å²) in [6.45, 7) is 4.47. The van der Waals surface area contributed by atoms with Crippen molar-refractivity contribution in [2.75, 3.05) is 5.75 Å². The van der Waals surface area contributed by atoms with Crippen molar-refractivity contribution in [2.45, 2.75) is 75.5 Å². The first-order chi connectivity index (χ1) is 8.76. The molecule has 0 saturated carbocycles. The third-order valence-electron chi connectivity index (χ3n) is 3.47. The van der Waals surface area contributed by atoms with Crippen LogP contribution in [0.2, 0.25) is 0 Å². The molecule has 0 aromatic heterocycles. The van der Waals surface area contributed by atoms with Crippen LogP contribution in [-0.4, -0.2) is 21.6 Å². The van der Waals surface area contributed by atoms with Gasteiger partial charge in [0.05, 0.1) is 10.2 Å². The second kappa shape index (κ2) is 9.27. The van der Waals surface area contributed by atoms with Gasteiger partial charge in [0.15, 0.2) is 5.62 Å². The molecule has 1 N–H and O–H groups in total. The van der Waals surface area contributed by atoms with Crippen LogP contribution in [0.1, 0.15) is 65.2 Å². The Bertz CT molecular complexity index is 238. The van der Waals surface area contributed by atoms with E-state index >= 15 is 0 Å². The molecule has 2 nitrogen and oxygen atoms in total. The molecule has 4 heteroatoms. The van der Waals surface area contributed by atoms with Crippen molar-refractivity contribution in [3.05, 3.63) is 0 Å². The number of nitrogens with one attached hydrogen (secondary N) is 1. The lowest BCUT2D eigenvalue weighted by Gasteiger charge is -2.27. The van der Waals surface area contributed by atoms with Gasteiger partial charge in [0.1, 0.15) is 0 Å². The zero-order chi connectivity index (χ0) is 13.3. The Morgan fingerprint density at radius 3 is 2.67 bits per heavy atom. The first-order valence-corrected chi connectivity index (χ1v) is 9.20. The lowest BCUT2D eigenvalue weighted by atomic mass is 10.1. The summed E-state index contributed by atoms with van der Waals surface area (Å²) >= 11 is 3.47. The van der Waals surface area contributed by atoms with Crippen LogP contribution in [-0.2, 0) is 4.79 Å². The Kier molecular flexibility index (Phi) is 8.44. The maximum atomic E-state index is 10.9. The Balaban J connectivity index is 2.36. The molecule has 1 heterocycles. The summed E-state index contributed by atoms with van der Waals surface area (Å²) in [5.41, 5.74) is 1.02. The summed E-state index contributed by atoms with van der Waals surface area (Å²) in [7, 11) is 0. The highest BCUT2D eigenvalue weighted by Gasteiger charge is 2.38. The topological polar surface area (TPSA) is 29.1 Å². The Morgan fingerprint density at radius 2 is 2.00 bits per heavy atom. The molecule has 0 aromatic rings. The molecule has 0 spiro atoms. The van der Waals surface area contributed by atoms with Crippen LogP contribution in [0, 0.1) is 0 Å². The minimum absolute atomic E-state index is 0.0263. The molecule has 0 aromatic carbocycles. The minimum Gasteiger partial charge on any atom is -0.291 e. The molecular weight excluding hydrogens is 262 g/mol. The van der Waals surface area contributed by atoms with Crippen LogP contribution >= 0.6 is 23.5 Å². The molecule has 106 valence electrons. The molecule has 2 unspecified atom stereocenters. The molecule has 0 aliphatic carbocycles. The predicted octanol–water partition coefficient (Wildman–Crippen LogP) is 4.43. The average molecular weight is 290 g/mol. The zero-order valence-corrected chi connectivity index (χ0v) is 13.4. The Hall–Kier alpha value is 0.330. The quantitative estimate of drug-likeness (QED) is 0.476. The lowest BCUT2D eigenvalue weighted by molar-refractivity contribution is 0.449. The van der Waals surface area contributed by atoms with Crippen molar-refractivity contribution >= 4 is 29.1 Å². The number of carbonyl (C=O) groups excluding carboxylic acids is 1. The predicted molar refractivity (Wildman–Crippen MR) is 84.7 cm³/mol. The maximum absolute atomic E-state index is 10.9. The molecule has 1 aliphatic heterocycles. The number of hydrogen-bond donors (Lipinski definition) is 1. The summed E-state index contributed by atoms with van der Waals surface area (Å²) in [4.78, 5) is 10.9. The second-order valence-electron chi connectivity index (χ2n) is 5.11. The fourth-order valence-corrected chi connectivity index (χ4v) is 4.92. The van der Waals surface area contributed by atoms with Crippen LogP contribution in [0.25, 0.3) is 0 Å². The van der Waals surface area contributed by atoms with E-state index in [0.717, 1.165) is 17.8 Å². The zero-order valence-electron chi connectivity index (χ0n) is 11.7. The standard InChI is InChI=1S/C14H27NOS2/c1-3-5-7-9-13-15-14(11-17-13,18-12-16)10-8-6-4-2/h12-13,15H,3-11H2,1-2H3. The van der Waals surface area contributed by atoms with E-state index in [4.69, 9.17) is 0 Å². The molecule has 18 heavy (non-hydrogen) atoms.